The first-order valence-electron chi connectivity index (χ1n) is 4.17. The van der Waals surface area contributed by atoms with E-state index in [9.17, 15) is 5.11 Å². The van der Waals surface area contributed by atoms with Crippen molar-refractivity contribution >= 4 is 11.6 Å². The van der Waals surface area contributed by atoms with Gasteiger partial charge in [-0.05, 0) is 24.6 Å². The Morgan fingerprint density at radius 1 is 1.54 bits per heavy atom. The van der Waals surface area contributed by atoms with Gasteiger partial charge in [0.15, 0.2) is 0 Å². The quantitative estimate of drug-likeness (QED) is 0.716. The topological polar surface area (TPSA) is 20.2 Å². The van der Waals surface area contributed by atoms with E-state index in [0.29, 0.717) is 10.8 Å². The maximum Gasteiger partial charge on any atom is 0.122 e. The lowest BCUT2D eigenvalue weighted by Gasteiger charge is -2.11. The number of hydrogen-bond acceptors (Lipinski definition) is 1. The maximum absolute atomic E-state index is 9.72. The van der Waals surface area contributed by atoms with Crippen molar-refractivity contribution < 1.29 is 5.11 Å². The van der Waals surface area contributed by atoms with Crippen LogP contribution in [0, 0.1) is 6.92 Å². The highest BCUT2D eigenvalue weighted by molar-refractivity contribution is 6.30. The molecule has 0 aliphatic rings. The summed E-state index contributed by atoms with van der Waals surface area (Å²) in [5.41, 5.74) is 1.64. The molecule has 0 heterocycles. The summed E-state index contributed by atoms with van der Waals surface area (Å²) in [6, 6.07) is 3.52. The van der Waals surface area contributed by atoms with Crippen molar-refractivity contribution in [3.05, 3.63) is 40.9 Å². The Morgan fingerprint density at radius 3 is 2.69 bits per heavy atom. The molecule has 1 nitrogen and oxygen atoms in total. The molecule has 0 aliphatic carbocycles. The molecule has 1 aromatic rings. The van der Waals surface area contributed by atoms with Crippen LogP contribution in [0.4, 0.5) is 0 Å². The smallest absolute Gasteiger partial charge is 0.122 e. The predicted octanol–water partition coefficient (Wildman–Crippen LogP) is 3.64. The molecule has 1 aromatic carbocycles. The number of hydrogen-bond donors (Lipinski definition) is 1. The average Bonchev–Trinajstić information content (AvgIpc) is 2.10. The summed E-state index contributed by atoms with van der Waals surface area (Å²) < 4.78 is 0. The van der Waals surface area contributed by atoms with Gasteiger partial charge in [0.25, 0.3) is 0 Å². The number of phenolic OH excluding ortho intramolecular Hbond substituents is 1. The van der Waals surface area contributed by atoms with Crippen molar-refractivity contribution in [1.82, 2.24) is 0 Å². The van der Waals surface area contributed by atoms with Crippen LogP contribution in [0.25, 0.3) is 0 Å². The molecule has 1 unspecified atom stereocenters. The lowest BCUT2D eigenvalue weighted by Crippen LogP contribution is -1.91. The third-order valence-corrected chi connectivity index (χ3v) is 2.36. The molecular weight excluding hydrogens is 184 g/mol. The zero-order valence-corrected chi connectivity index (χ0v) is 8.60. The van der Waals surface area contributed by atoms with Crippen LogP contribution in [-0.4, -0.2) is 5.11 Å². The Bertz CT molecular complexity index is 331. The SMILES string of the molecule is C=CC(C)c1cc(Cl)cc(C)c1O. The largest absolute Gasteiger partial charge is 0.507 e. The summed E-state index contributed by atoms with van der Waals surface area (Å²) in [4.78, 5) is 0. The summed E-state index contributed by atoms with van der Waals surface area (Å²) in [5.74, 6) is 0.439. The van der Waals surface area contributed by atoms with Gasteiger partial charge >= 0.3 is 0 Å². The molecule has 0 saturated carbocycles. The predicted molar refractivity (Wildman–Crippen MR) is 56.5 cm³/mol. The molecule has 0 saturated heterocycles. The molecule has 2 heteroatoms. The number of halogens is 1. The van der Waals surface area contributed by atoms with Gasteiger partial charge in [0.05, 0.1) is 0 Å². The lowest BCUT2D eigenvalue weighted by molar-refractivity contribution is 0.462. The standard InChI is InChI=1S/C11H13ClO/c1-4-7(2)10-6-9(12)5-8(3)11(10)13/h4-7,13H,1H2,2-3H3. The summed E-state index contributed by atoms with van der Waals surface area (Å²) in [5, 5.41) is 10.4. The summed E-state index contributed by atoms with van der Waals surface area (Å²) in [6.45, 7) is 7.49. The zero-order chi connectivity index (χ0) is 10.0. The van der Waals surface area contributed by atoms with E-state index in [1.807, 2.05) is 13.8 Å². The molecule has 0 spiro atoms. The summed E-state index contributed by atoms with van der Waals surface area (Å²) >= 11 is 5.88. The second kappa shape index (κ2) is 3.84. The minimum atomic E-state index is 0.123. The normalized spacial score (nSPS) is 12.5. The molecule has 0 bridgehead atoms. The monoisotopic (exact) mass is 196 g/mol. The fourth-order valence-corrected chi connectivity index (χ4v) is 1.52. The number of rotatable bonds is 2. The van der Waals surface area contributed by atoms with Crippen LogP contribution in [-0.2, 0) is 0 Å². The van der Waals surface area contributed by atoms with Crippen molar-refractivity contribution in [2.75, 3.05) is 0 Å². The third kappa shape index (κ3) is 2.04. The van der Waals surface area contributed by atoms with Crippen LogP contribution in [0.3, 0.4) is 0 Å². The minimum absolute atomic E-state index is 0.123. The average molecular weight is 197 g/mol. The van der Waals surface area contributed by atoms with E-state index >= 15 is 0 Å². The fraction of sp³-hybridized carbons (Fsp3) is 0.273. The number of aromatic hydroxyl groups is 1. The highest BCUT2D eigenvalue weighted by Crippen LogP contribution is 2.32. The van der Waals surface area contributed by atoms with Gasteiger partial charge in [-0.2, -0.15) is 0 Å². The van der Waals surface area contributed by atoms with E-state index in [-0.39, 0.29) is 5.92 Å². The Labute approximate surface area is 83.7 Å². The van der Waals surface area contributed by atoms with Crippen LogP contribution < -0.4 is 0 Å². The second-order valence-electron chi connectivity index (χ2n) is 3.18. The van der Waals surface area contributed by atoms with Gasteiger partial charge in [0.1, 0.15) is 5.75 Å². The van der Waals surface area contributed by atoms with Crippen LogP contribution >= 0.6 is 11.6 Å². The van der Waals surface area contributed by atoms with Gasteiger partial charge in [-0.1, -0.05) is 24.6 Å². The summed E-state index contributed by atoms with van der Waals surface area (Å²) in [6.07, 6.45) is 1.78. The number of phenols is 1. The number of aryl methyl sites for hydroxylation is 1. The van der Waals surface area contributed by atoms with Gasteiger partial charge in [-0.3, -0.25) is 0 Å². The van der Waals surface area contributed by atoms with E-state index in [1.165, 1.54) is 0 Å². The van der Waals surface area contributed by atoms with Gasteiger partial charge in [-0.25, -0.2) is 0 Å². The van der Waals surface area contributed by atoms with Crippen molar-refractivity contribution in [1.29, 1.82) is 0 Å². The van der Waals surface area contributed by atoms with E-state index < -0.39 is 0 Å². The molecule has 1 N–H and O–H groups in total. The van der Waals surface area contributed by atoms with E-state index in [1.54, 1.807) is 18.2 Å². The minimum Gasteiger partial charge on any atom is -0.507 e. The molecule has 0 aliphatic heterocycles. The first-order chi connectivity index (χ1) is 6.06. The fourth-order valence-electron chi connectivity index (χ4n) is 1.24. The first-order valence-corrected chi connectivity index (χ1v) is 4.55. The Morgan fingerprint density at radius 2 is 2.15 bits per heavy atom. The molecule has 13 heavy (non-hydrogen) atoms. The summed E-state index contributed by atoms with van der Waals surface area (Å²) in [7, 11) is 0. The van der Waals surface area contributed by atoms with Crippen molar-refractivity contribution in [2.24, 2.45) is 0 Å². The molecular formula is C11H13ClO. The molecule has 0 fully saturated rings. The lowest BCUT2D eigenvalue weighted by atomic mass is 9.98. The number of allylic oxidation sites excluding steroid dienone is 1. The van der Waals surface area contributed by atoms with Gasteiger partial charge in [0, 0.05) is 16.5 Å². The van der Waals surface area contributed by atoms with E-state index in [0.717, 1.165) is 11.1 Å². The Kier molecular flexibility index (Phi) is 2.99. The van der Waals surface area contributed by atoms with Crippen LogP contribution in [0.5, 0.6) is 5.75 Å². The number of benzene rings is 1. The van der Waals surface area contributed by atoms with Crippen LogP contribution in [0.2, 0.25) is 5.02 Å². The first kappa shape index (κ1) is 10.1. The zero-order valence-electron chi connectivity index (χ0n) is 7.84. The molecule has 0 aromatic heterocycles. The molecule has 70 valence electrons. The van der Waals surface area contributed by atoms with E-state index in [4.69, 9.17) is 11.6 Å². The molecule has 1 atom stereocenters. The van der Waals surface area contributed by atoms with Crippen molar-refractivity contribution in [3.8, 4) is 5.75 Å². The molecule has 0 amide bonds. The van der Waals surface area contributed by atoms with Crippen molar-refractivity contribution in [3.63, 3.8) is 0 Å². The van der Waals surface area contributed by atoms with Crippen LogP contribution in [0.15, 0.2) is 24.8 Å². The third-order valence-electron chi connectivity index (χ3n) is 2.14. The Balaban J connectivity index is 3.27. The van der Waals surface area contributed by atoms with Gasteiger partial charge < -0.3 is 5.11 Å². The van der Waals surface area contributed by atoms with Crippen molar-refractivity contribution in [2.45, 2.75) is 19.8 Å². The molecule has 0 radical (unpaired) electrons. The highest BCUT2D eigenvalue weighted by atomic mass is 35.5. The van der Waals surface area contributed by atoms with Gasteiger partial charge in [-0.15, -0.1) is 6.58 Å². The van der Waals surface area contributed by atoms with Crippen LogP contribution in [0.1, 0.15) is 24.0 Å². The maximum atomic E-state index is 9.72. The highest BCUT2D eigenvalue weighted by Gasteiger charge is 2.10. The van der Waals surface area contributed by atoms with Gasteiger partial charge in [0.2, 0.25) is 0 Å². The second-order valence-corrected chi connectivity index (χ2v) is 3.62. The Hall–Kier alpha value is -0.950. The molecule has 1 rings (SSSR count). The van der Waals surface area contributed by atoms with E-state index in [2.05, 4.69) is 6.58 Å².